The second-order valence-electron chi connectivity index (χ2n) is 5.89. The van der Waals surface area contributed by atoms with Crippen molar-refractivity contribution in [1.29, 1.82) is 0 Å². The highest BCUT2D eigenvalue weighted by atomic mass is 35.5. The number of nitrogens with one attached hydrogen (secondary N) is 1. The minimum Gasteiger partial charge on any atom is -0.367 e. The number of nitrogens with zero attached hydrogens (tertiary/aromatic N) is 2. The molecular weight excluding hydrogens is 282 g/mol. The van der Waals surface area contributed by atoms with Gasteiger partial charge in [0, 0.05) is 41.9 Å². The molecule has 1 aromatic carbocycles. The number of benzene rings is 1. The molecule has 1 unspecified atom stereocenters. The van der Waals surface area contributed by atoms with Crippen LogP contribution in [0.1, 0.15) is 32.3 Å². The molecule has 1 atom stereocenters. The Morgan fingerprint density at radius 3 is 2.81 bits per heavy atom. The van der Waals surface area contributed by atoms with E-state index in [4.69, 9.17) is 11.6 Å². The summed E-state index contributed by atoms with van der Waals surface area (Å²) in [6.07, 6.45) is 2.37. The highest BCUT2D eigenvalue weighted by Crippen LogP contribution is 2.30. The lowest BCUT2D eigenvalue weighted by Gasteiger charge is -2.34. The topological polar surface area (TPSA) is 18.5 Å². The molecule has 1 heterocycles. The minimum absolute atomic E-state index is 0.566. The second kappa shape index (κ2) is 8.02. The Morgan fingerprint density at radius 2 is 2.10 bits per heavy atom. The van der Waals surface area contributed by atoms with Crippen LogP contribution in [0.3, 0.4) is 0 Å². The number of hydrogen-bond donors (Lipinski definition) is 1. The first-order chi connectivity index (χ1) is 10.2. The summed E-state index contributed by atoms with van der Waals surface area (Å²) >= 11 is 6.47. The van der Waals surface area contributed by atoms with E-state index in [1.807, 2.05) is 6.07 Å². The lowest BCUT2D eigenvalue weighted by Crippen LogP contribution is -2.40. The number of likely N-dealkylation sites (N-methyl/N-ethyl adjacent to an activating group) is 1. The van der Waals surface area contributed by atoms with Crippen LogP contribution >= 0.6 is 11.6 Å². The molecule has 1 fully saturated rings. The van der Waals surface area contributed by atoms with Gasteiger partial charge in [-0.05, 0) is 45.1 Å². The lowest BCUT2D eigenvalue weighted by atomic mass is 10.1. The summed E-state index contributed by atoms with van der Waals surface area (Å²) in [6, 6.07) is 6.88. The van der Waals surface area contributed by atoms with Gasteiger partial charge in [0.25, 0.3) is 0 Å². The van der Waals surface area contributed by atoms with Crippen LogP contribution in [-0.2, 0) is 6.54 Å². The maximum Gasteiger partial charge on any atom is 0.0471 e. The molecule has 1 aromatic rings. The zero-order chi connectivity index (χ0) is 15.2. The lowest BCUT2D eigenvalue weighted by molar-refractivity contribution is 0.328. The average Bonchev–Trinajstić information content (AvgIpc) is 2.67. The summed E-state index contributed by atoms with van der Waals surface area (Å²) in [5, 5.41) is 4.30. The molecule has 0 radical (unpaired) electrons. The van der Waals surface area contributed by atoms with Crippen LogP contribution in [0.25, 0.3) is 0 Å². The van der Waals surface area contributed by atoms with Crippen LogP contribution in [0.5, 0.6) is 0 Å². The van der Waals surface area contributed by atoms with Crippen molar-refractivity contribution in [3.8, 4) is 0 Å². The van der Waals surface area contributed by atoms with Crippen molar-refractivity contribution in [2.75, 3.05) is 38.1 Å². The largest absolute Gasteiger partial charge is 0.367 e. The van der Waals surface area contributed by atoms with E-state index in [2.05, 4.69) is 48.1 Å². The van der Waals surface area contributed by atoms with Gasteiger partial charge in [-0.1, -0.05) is 31.5 Å². The fourth-order valence-corrected chi connectivity index (χ4v) is 3.39. The summed E-state index contributed by atoms with van der Waals surface area (Å²) < 4.78 is 0. The monoisotopic (exact) mass is 309 g/mol. The van der Waals surface area contributed by atoms with Crippen LogP contribution in [0, 0.1) is 0 Å². The van der Waals surface area contributed by atoms with Gasteiger partial charge in [0.1, 0.15) is 0 Å². The first kappa shape index (κ1) is 16.6. The van der Waals surface area contributed by atoms with E-state index < -0.39 is 0 Å². The number of rotatable bonds is 5. The van der Waals surface area contributed by atoms with Gasteiger partial charge in [0.15, 0.2) is 0 Å². The smallest absolute Gasteiger partial charge is 0.0471 e. The van der Waals surface area contributed by atoms with Gasteiger partial charge in [-0.2, -0.15) is 0 Å². The van der Waals surface area contributed by atoms with Gasteiger partial charge in [-0.3, -0.25) is 0 Å². The highest BCUT2D eigenvalue weighted by Gasteiger charge is 2.24. The zero-order valence-electron chi connectivity index (χ0n) is 13.5. The van der Waals surface area contributed by atoms with E-state index in [0.29, 0.717) is 6.04 Å². The van der Waals surface area contributed by atoms with Crippen molar-refractivity contribution >= 4 is 17.3 Å². The van der Waals surface area contributed by atoms with Crippen LogP contribution in [0.4, 0.5) is 5.69 Å². The van der Waals surface area contributed by atoms with E-state index in [0.717, 1.165) is 37.6 Å². The van der Waals surface area contributed by atoms with Gasteiger partial charge < -0.3 is 15.1 Å². The van der Waals surface area contributed by atoms with Gasteiger partial charge in [-0.15, -0.1) is 0 Å². The maximum atomic E-state index is 6.47. The maximum absolute atomic E-state index is 6.47. The molecule has 1 saturated heterocycles. The summed E-state index contributed by atoms with van der Waals surface area (Å²) in [6.45, 7) is 9.64. The molecular formula is C17H28ClN3. The Balaban J connectivity index is 2.31. The van der Waals surface area contributed by atoms with E-state index in [1.54, 1.807) is 0 Å². The molecule has 0 aromatic heterocycles. The molecule has 21 heavy (non-hydrogen) atoms. The number of halogens is 1. The molecule has 1 N–H and O–H groups in total. The van der Waals surface area contributed by atoms with E-state index in [1.165, 1.54) is 24.2 Å². The zero-order valence-corrected chi connectivity index (χ0v) is 14.3. The molecule has 4 heteroatoms. The predicted octanol–water partition coefficient (Wildman–Crippen LogP) is 3.37. The third-order valence-corrected chi connectivity index (χ3v) is 4.68. The molecule has 0 bridgehead atoms. The fourth-order valence-electron chi connectivity index (χ4n) is 3.15. The molecule has 3 nitrogen and oxygen atoms in total. The molecule has 0 aliphatic carbocycles. The SMILES string of the molecule is CCNCc1c(Cl)cccc1N1CCCN(C)CC1CC. The molecule has 0 saturated carbocycles. The molecule has 0 amide bonds. The average molecular weight is 310 g/mol. The Morgan fingerprint density at radius 1 is 1.29 bits per heavy atom. The fraction of sp³-hybridized carbons (Fsp3) is 0.647. The third kappa shape index (κ3) is 4.12. The first-order valence-corrected chi connectivity index (χ1v) is 8.48. The van der Waals surface area contributed by atoms with E-state index >= 15 is 0 Å². The first-order valence-electron chi connectivity index (χ1n) is 8.10. The Kier molecular flexibility index (Phi) is 6.34. The molecule has 0 spiro atoms. The number of hydrogen-bond acceptors (Lipinski definition) is 3. The van der Waals surface area contributed by atoms with E-state index in [-0.39, 0.29) is 0 Å². The molecule has 118 valence electrons. The van der Waals surface area contributed by atoms with Gasteiger partial charge in [0.2, 0.25) is 0 Å². The van der Waals surface area contributed by atoms with Crippen LogP contribution in [0.15, 0.2) is 18.2 Å². The number of anilines is 1. The predicted molar refractivity (Wildman–Crippen MR) is 92.4 cm³/mol. The van der Waals surface area contributed by atoms with Crippen molar-refractivity contribution in [3.63, 3.8) is 0 Å². The summed E-state index contributed by atoms with van der Waals surface area (Å²) in [5.74, 6) is 0. The van der Waals surface area contributed by atoms with Crippen molar-refractivity contribution in [1.82, 2.24) is 10.2 Å². The van der Waals surface area contributed by atoms with Gasteiger partial charge >= 0.3 is 0 Å². The van der Waals surface area contributed by atoms with E-state index in [9.17, 15) is 0 Å². The van der Waals surface area contributed by atoms with Gasteiger partial charge in [0.05, 0.1) is 0 Å². The van der Waals surface area contributed by atoms with Crippen molar-refractivity contribution in [3.05, 3.63) is 28.8 Å². The standard InChI is InChI=1S/C17H28ClN3/c1-4-14-13-20(3)10-7-11-21(14)17-9-6-8-16(18)15(17)12-19-5-2/h6,8-9,14,19H,4-5,7,10-13H2,1-3H3. The minimum atomic E-state index is 0.566. The van der Waals surface area contributed by atoms with Crippen molar-refractivity contribution in [2.24, 2.45) is 0 Å². The molecule has 1 aliphatic heterocycles. The van der Waals surface area contributed by atoms with Crippen LogP contribution < -0.4 is 10.2 Å². The summed E-state index contributed by atoms with van der Waals surface area (Å²) in [4.78, 5) is 5.02. The Hall–Kier alpha value is -0.770. The normalized spacial score (nSPS) is 20.6. The summed E-state index contributed by atoms with van der Waals surface area (Å²) in [5.41, 5.74) is 2.55. The second-order valence-corrected chi connectivity index (χ2v) is 6.30. The van der Waals surface area contributed by atoms with Crippen molar-refractivity contribution < 1.29 is 0 Å². The molecule has 2 rings (SSSR count). The van der Waals surface area contributed by atoms with Crippen molar-refractivity contribution in [2.45, 2.75) is 39.3 Å². The molecule has 1 aliphatic rings. The quantitative estimate of drug-likeness (QED) is 0.899. The third-order valence-electron chi connectivity index (χ3n) is 4.33. The van der Waals surface area contributed by atoms with Crippen LogP contribution in [0.2, 0.25) is 5.02 Å². The summed E-state index contributed by atoms with van der Waals surface area (Å²) in [7, 11) is 2.23. The Labute approximate surface area is 134 Å². The Bertz CT molecular complexity index is 450. The highest BCUT2D eigenvalue weighted by molar-refractivity contribution is 6.31. The van der Waals surface area contributed by atoms with Gasteiger partial charge in [-0.25, -0.2) is 0 Å². The van der Waals surface area contributed by atoms with Crippen LogP contribution in [-0.4, -0.2) is 44.2 Å².